The van der Waals surface area contributed by atoms with Gasteiger partial charge in [0.15, 0.2) is 11.5 Å². The number of anilines is 1. The lowest BCUT2D eigenvalue weighted by Gasteiger charge is -2.14. The lowest BCUT2D eigenvalue weighted by atomic mass is 10.3. The average molecular weight is 361 g/mol. The Morgan fingerprint density at radius 3 is 2.54 bits per heavy atom. The molecule has 2 rings (SSSR count). The molecule has 0 radical (unpaired) electrons. The smallest absolute Gasteiger partial charge is 0.319 e. The Balaban J connectivity index is 1.54. The first-order valence-corrected chi connectivity index (χ1v) is 8.18. The van der Waals surface area contributed by atoms with Crippen LogP contribution in [0, 0.1) is 0 Å². The lowest BCUT2D eigenvalue weighted by Crippen LogP contribution is -2.38. The van der Waals surface area contributed by atoms with Crippen LogP contribution in [-0.2, 0) is 0 Å². The summed E-state index contributed by atoms with van der Waals surface area (Å²) in [6, 6.07) is 12.9. The van der Waals surface area contributed by atoms with E-state index in [-0.39, 0.29) is 30.7 Å². The van der Waals surface area contributed by atoms with Crippen LogP contribution in [0.2, 0.25) is 0 Å². The van der Waals surface area contributed by atoms with Crippen LogP contribution in [0.15, 0.2) is 48.5 Å². The first kappa shape index (κ1) is 19.4. The van der Waals surface area contributed by atoms with Crippen molar-refractivity contribution in [1.82, 2.24) is 10.6 Å². The summed E-state index contributed by atoms with van der Waals surface area (Å²) >= 11 is 0. The number of hydrogen-bond acceptors (Lipinski definition) is 6. The summed E-state index contributed by atoms with van der Waals surface area (Å²) in [4.78, 5) is 11.7. The fraction of sp³-hybridized carbons (Fsp3) is 0.278. The molecule has 2 amide bonds. The number of aliphatic hydroxyl groups is 1. The molecule has 0 aliphatic rings. The molecule has 0 bridgehead atoms. The van der Waals surface area contributed by atoms with Crippen LogP contribution in [0.25, 0.3) is 0 Å². The third-order valence-electron chi connectivity index (χ3n) is 3.39. The van der Waals surface area contributed by atoms with Crippen LogP contribution in [0.5, 0.6) is 17.2 Å². The fourth-order valence-corrected chi connectivity index (χ4v) is 2.07. The van der Waals surface area contributed by atoms with Gasteiger partial charge in [-0.25, -0.2) is 4.79 Å². The third-order valence-corrected chi connectivity index (χ3v) is 3.39. The molecule has 0 heterocycles. The van der Waals surface area contributed by atoms with Crippen LogP contribution in [0.3, 0.4) is 0 Å². The van der Waals surface area contributed by atoms with Crippen molar-refractivity contribution in [1.29, 1.82) is 0 Å². The summed E-state index contributed by atoms with van der Waals surface area (Å²) < 4.78 is 5.32. The van der Waals surface area contributed by atoms with Gasteiger partial charge in [0.2, 0.25) is 0 Å². The number of para-hydroxylation sites is 1. The molecule has 0 saturated heterocycles. The van der Waals surface area contributed by atoms with Gasteiger partial charge in [0.05, 0.1) is 0 Å². The number of carbonyl (C=O) groups excluding carboxylic acids is 1. The van der Waals surface area contributed by atoms with Gasteiger partial charge < -0.3 is 36.0 Å². The predicted octanol–water partition coefficient (Wildman–Crippen LogP) is 1.25. The predicted molar refractivity (Wildman–Crippen MR) is 97.6 cm³/mol. The average Bonchev–Trinajstić information content (AvgIpc) is 2.63. The quantitative estimate of drug-likeness (QED) is 0.295. The SMILES string of the molecule is O=C(NCCNCC(O)COc1ccc(O)c(O)c1)Nc1ccccc1. The Hall–Kier alpha value is -2.97. The van der Waals surface area contributed by atoms with Crippen molar-refractivity contribution in [2.75, 3.05) is 31.6 Å². The zero-order valence-electron chi connectivity index (χ0n) is 14.2. The highest BCUT2D eigenvalue weighted by molar-refractivity contribution is 5.89. The van der Waals surface area contributed by atoms with Gasteiger partial charge in [-0.05, 0) is 24.3 Å². The molecule has 1 atom stereocenters. The maximum Gasteiger partial charge on any atom is 0.319 e. The van der Waals surface area contributed by atoms with Crippen molar-refractivity contribution < 1.29 is 24.9 Å². The van der Waals surface area contributed by atoms with Crippen molar-refractivity contribution in [2.45, 2.75) is 6.10 Å². The number of hydrogen-bond donors (Lipinski definition) is 6. The second kappa shape index (κ2) is 10.1. The molecular formula is C18H23N3O5. The normalized spacial score (nSPS) is 11.6. The molecule has 2 aromatic rings. The van der Waals surface area contributed by atoms with Gasteiger partial charge >= 0.3 is 6.03 Å². The van der Waals surface area contributed by atoms with Gasteiger partial charge in [-0.2, -0.15) is 0 Å². The summed E-state index contributed by atoms with van der Waals surface area (Å²) in [5.74, 6) is -0.170. The summed E-state index contributed by atoms with van der Waals surface area (Å²) in [6.07, 6.45) is -0.760. The molecule has 8 heteroatoms. The highest BCUT2D eigenvalue weighted by Crippen LogP contribution is 2.28. The van der Waals surface area contributed by atoms with Crippen LogP contribution >= 0.6 is 0 Å². The monoisotopic (exact) mass is 361 g/mol. The Morgan fingerprint density at radius 2 is 1.81 bits per heavy atom. The van der Waals surface area contributed by atoms with Gasteiger partial charge in [0, 0.05) is 31.4 Å². The van der Waals surface area contributed by atoms with Gasteiger partial charge in [0.25, 0.3) is 0 Å². The fourth-order valence-electron chi connectivity index (χ4n) is 2.07. The van der Waals surface area contributed by atoms with Crippen LogP contribution in [0.1, 0.15) is 0 Å². The number of urea groups is 1. The first-order chi connectivity index (χ1) is 12.5. The van der Waals surface area contributed by atoms with Crippen molar-refractivity contribution >= 4 is 11.7 Å². The van der Waals surface area contributed by atoms with Gasteiger partial charge in [0.1, 0.15) is 18.5 Å². The molecule has 6 N–H and O–H groups in total. The number of aliphatic hydroxyl groups excluding tert-OH is 1. The van der Waals surface area contributed by atoms with E-state index in [1.165, 1.54) is 18.2 Å². The first-order valence-electron chi connectivity index (χ1n) is 8.18. The molecule has 2 aromatic carbocycles. The molecule has 0 saturated carbocycles. The Kier molecular flexibility index (Phi) is 7.53. The number of benzene rings is 2. The number of carbonyl (C=O) groups is 1. The van der Waals surface area contributed by atoms with Crippen molar-refractivity contribution in [3.63, 3.8) is 0 Å². The summed E-state index contributed by atoms with van der Waals surface area (Å²) in [5, 5.41) is 36.8. The van der Waals surface area contributed by atoms with Crippen molar-refractivity contribution in [3.8, 4) is 17.2 Å². The van der Waals surface area contributed by atoms with E-state index in [1.54, 1.807) is 12.1 Å². The minimum Gasteiger partial charge on any atom is -0.504 e. The van der Waals surface area contributed by atoms with E-state index in [4.69, 9.17) is 4.74 Å². The molecule has 0 aliphatic heterocycles. The van der Waals surface area contributed by atoms with Crippen LogP contribution < -0.4 is 20.7 Å². The van der Waals surface area contributed by atoms with Crippen molar-refractivity contribution in [3.05, 3.63) is 48.5 Å². The summed E-state index contributed by atoms with van der Waals surface area (Å²) in [7, 11) is 0. The molecule has 26 heavy (non-hydrogen) atoms. The Morgan fingerprint density at radius 1 is 1.04 bits per heavy atom. The highest BCUT2D eigenvalue weighted by Gasteiger charge is 2.07. The second-order valence-electron chi connectivity index (χ2n) is 5.57. The van der Waals surface area contributed by atoms with E-state index >= 15 is 0 Å². The summed E-state index contributed by atoms with van der Waals surface area (Å²) in [6.45, 7) is 1.20. The lowest BCUT2D eigenvalue weighted by molar-refractivity contribution is 0.106. The maximum absolute atomic E-state index is 11.7. The number of aromatic hydroxyl groups is 2. The number of ether oxygens (including phenoxy) is 1. The van der Waals surface area contributed by atoms with Gasteiger partial charge in [-0.1, -0.05) is 18.2 Å². The Labute approximate surface area is 151 Å². The van der Waals surface area contributed by atoms with Gasteiger partial charge in [-0.3, -0.25) is 0 Å². The third kappa shape index (κ3) is 6.88. The van der Waals surface area contributed by atoms with E-state index < -0.39 is 6.10 Å². The van der Waals surface area contributed by atoms with E-state index in [0.717, 1.165) is 0 Å². The van der Waals surface area contributed by atoms with E-state index in [2.05, 4.69) is 16.0 Å². The number of nitrogens with one attached hydrogen (secondary N) is 3. The topological polar surface area (TPSA) is 123 Å². The largest absolute Gasteiger partial charge is 0.504 e. The molecule has 0 spiro atoms. The van der Waals surface area contributed by atoms with E-state index in [1.807, 2.05) is 18.2 Å². The molecule has 1 unspecified atom stereocenters. The van der Waals surface area contributed by atoms with Crippen LogP contribution in [-0.4, -0.2) is 53.7 Å². The molecule has 140 valence electrons. The van der Waals surface area contributed by atoms with E-state index in [9.17, 15) is 20.1 Å². The second-order valence-corrected chi connectivity index (χ2v) is 5.57. The maximum atomic E-state index is 11.7. The molecule has 8 nitrogen and oxygen atoms in total. The Bertz CT molecular complexity index is 696. The summed E-state index contributed by atoms with van der Waals surface area (Å²) in [5.41, 5.74) is 0.714. The number of rotatable bonds is 9. The van der Waals surface area contributed by atoms with E-state index in [0.29, 0.717) is 24.5 Å². The number of phenols is 2. The minimum absolute atomic E-state index is 0.0269. The molecule has 0 aromatic heterocycles. The minimum atomic E-state index is -0.760. The zero-order chi connectivity index (χ0) is 18.8. The standard InChI is InChI=1S/C18H23N3O5/c22-14(12-26-15-6-7-16(23)17(24)10-15)11-19-8-9-20-18(25)21-13-4-2-1-3-5-13/h1-7,10,14,19,22-24H,8-9,11-12H2,(H2,20,21,25). The number of phenolic OH excluding ortho intramolecular Hbond substituents is 2. The number of amides is 2. The molecule has 0 aliphatic carbocycles. The highest BCUT2D eigenvalue weighted by atomic mass is 16.5. The van der Waals surface area contributed by atoms with Crippen LogP contribution in [0.4, 0.5) is 10.5 Å². The van der Waals surface area contributed by atoms with Gasteiger partial charge in [-0.15, -0.1) is 0 Å². The molecule has 0 fully saturated rings. The molecular weight excluding hydrogens is 338 g/mol. The van der Waals surface area contributed by atoms with Crippen molar-refractivity contribution in [2.24, 2.45) is 0 Å². The zero-order valence-corrected chi connectivity index (χ0v) is 14.2.